The number of aliphatic hydroxyl groups excluding tert-OH is 1. The lowest BCUT2D eigenvalue weighted by atomic mass is 10.1. The number of aryl methyl sites for hydroxylation is 1. The third-order valence-corrected chi connectivity index (χ3v) is 4.56. The van der Waals surface area contributed by atoms with Gasteiger partial charge in [-0.05, 0) is 67.1 Å². The van der Waals surface area contributed by atoms with Crippen LogP contribution in [0.25, 0.3) is 11.4 Å². The van der Waals surface area contributed by atoms with E-state index >= 15 is 0 Å². The third kappa shape index (κ3) is 2.93. The Kier molecular flexibility index (Phi) is 4.05. The van der Waals surface area contributed by atoms with Crippen LogP contribution in [0.4, 0.5) is 11.4 Å². The Morgan fingerprint density at radius 2 is 2.00 bits per heavy atom. The molecule has 0 radical (unpaired) electrons. The van der Waals surface area contributed by atoms with E-state index in [4.69, 9.17) is 10.1 Å². The largest absolute Gasteiger partial charge is 0.396 e. The van der Waals surface area contributed by atoms with Crippen LogP contribution in [0, 0.1) is 0 Å². The molecule has 2 aromatic heterocycles. The molecule has 4 heteroatoms. The molecule has 0 spiro atoms. The number of nitrogens with one attached hydrogen (secondary N) is 2. The Morgan fingerprint density at radius 3 is 2.75 bits per heavy atom. The molecule has 0 unspecified atom stereocenters. The summed E-state index contributed by atoms with van der Waals surface area (Å²) in [5.74, 6) is 0. The van der Waals surface area contributed by atoms with Gasteiger partial charge in [-0.15, -0.1) is 0 Å². The second-order valence-electron chi connectivity index (χ2n) is 6.21. The topological polar surface area (TPSA) is 60.9 Å². The Balaban J connectivity index is 1.67. The summed E-state index contributed by atoms with van der Waals surface area (Å²) in [5, 5.41) is 12.6. The maximum absolute atomic E-state index is 9.03. The van der Waals surface area contributed by atoms with Gasteiger partial charge in [0.1, 0.15) is 0 Å². The number of rotatable bonds is 5. The van der Waals surface area contributed by atoms with Crippen molar-refractivity contribution in [2.75, 3.05) is 11.9 Å². The van der Waals surface area contributed by atoms with Crippen LogP contribution in [0.15, 0.2) is 48.7 Å². The Bertz CT molecular complexity index is 823. The Hall–Kier alpha value is -2.59. The molecule has 0 aliphatic heterocycles. The second-order valence-corrected chi connectivity index (χ2v) is 6.21. The fourth-order valence-corrected chi connectivity index (χ4v) is 3.32. The highest BCUT2D eigenvalue weighted by Crippen LogP contribution is 2.33. The zero-order chi connectivity index (χ0) is 16.4. The quantitative estimate of drug-likeness (QED) is 0.669. The normalized spacial score (nSPS) is 13.0. The molecule has 0 atom stereocenters. The van der Waals surface area contributed by atoms with E-state index in [1.165, 1.54) is 17.7 Å². The molecule has 1 aromatic carbocycles. The first-order chi connectivity index (χ1) is 11.8. The van der Waals surface area contributed by atoms with E-state index in [-0.39, 0.29) is 6.61 Å². The zero-order valence-corrected chi connectivity index (χ0v) is 13.5. The van der Waals surface area contributed by atoms with E-state index in [2.05, 4.69) is 46.7 Å². The number of fused-ring (bicyclic) bond motifs is 1. The monoisotopic (exact) mass is 319 g/mol. The van der Waals surface area contributed by atoms with Gasteiger partial charge in [0.15, 0.2) is 0 Å². The van der Waals surface area contributed by atoms with Gasteiger partial charge in [-0.2, -0.15) is 0 Å². The molecule has 3 aromatic rings. The van der Waals surface area contributed by atoms with Crippen LogP contribution in [0.5, 0.6) is 0 Å². The van der Waals surface area contributed by atoms with E-state index in [0.717, 1.165) is 41.2 Å². The predicted molar refractivity (Wildman–Crippen MR) is 96.6 cm³/mol. The minimum absolute atomic E-state index is 0.185. The smallest absolute Gasteiger partial charge is 0.0888 e. The third-order valence-electron chi connectivity index (χ3n) is 4.56. The molecule has 24 heavy (non-hydrogen) atoms. The lowest BCUT2D eigenvalue weighted by Gasteiger charge is -2.13. The van der Waals surface area contributed by atoms with Gasteiger partial charge in [-0.1, -0.05) is 12.1 Å². The van der Waals surface area contributed by atoms with Crippen LogP contribution in [0.2, 0.25) is 0 Å². The Morgan fingerprint density at radius 1 is 1.12 bits per heavy atom. The maximum Gasteiger partial charge on any atom is 0.0888 e. The summed E-state index contributed by atoms with van der Waals surface area (Å²) in [6.45, 7) is 0.185. The molecule has 3 N–H and O–H groups in total. The number of nitrogens with zero attached hydrogens (tertiary/aromatic N) is 1. The summed E-state index contributed by atoms with van der Waals surface area (Å²) in [6, 6.07) is 14.5. The average molecular weight is 319 g/mol. The fraction of sp³-hybridized carbons (Fsp3) is 0.250. The van der Waals surface area contributed by atoms with Gasteiger partial charge < -0.3 is 15.4 Å². The summed E-state index contributed by atoms with van der Waals surface area (Å²) < 4.78 is 0. The van der Waals surface area contributed by atoms with Crippen molar-refractivity contribution < 1.29 is 5.11 Å². The van der Waals surface area contributed by atoms with Crippen LogP contribution < -0.4 is 5.32 Å². The number of benzene rings is 1. The first-order valence-corrected chi connectivity index (χ1v) is 8.47. The van der Waals surface area contributed by atoms with E-state index < -0.39 is 0 Å². The van der Waals surface area contributed by atoms with Crippen molar-refractivity contribution in [3.05, 3.63) is 65.5 Å². The second kappa shape index (κ2) is 6.49. The summed E-state index contributed by atoms with van der Waals surface area (Å²) in [6.07, 6.45) is 5.92. The van der Waals surface area contributed by atoms with Crippen molar-refractivity contribution in [2.24, 2.45) is 0 Å². The minimum Gasteiger partial charge on any atom is -0.396 e. The van der Waals surface area contributed by atoms with Crippen LogP contribution >= 0.6 is 0 Å². The van der Waals surface area contributed by atoms with E-state index in [1.54, 1.807) is 0 Å². The molecular formula is C20H21N3O. The van der Waals surface area contributed by atoms with E-state index in [0.29, 0.717) is 6.42 Å². The van der Waals surface area contributed by atoms with Gasteiger partial charge in [0.25, 0.3) is 0 Å². The molecule has 0 saturated heterocycles. The van der Waals surface area contributed by atoms with Crippen LogP contribution in [-0.4, -0.2) is 21.7 Å². The van der Waals surface area contributed by atoms with Gasteiger partial charge in [0.05, 0.1) is 11.4 Å². The molecule has 2 heterocycles. The number of anilines is 2. The van der Waals surface area contributed by atoms with Gasteiger partial charge in [0, 0.05) is 29.9 Å². The van der Waals surface area contributed by atoms with Crippen LogP contribution in [-0.2, 0) is 19.3 Å². The van der Waals surface area contributed by atoms with Crippen molar-refractivity contribution in [1.29, 1.82) is 0 Å². The van der Waals surface area contributed by atoms with Gasteiger partial charge in [-0.25, -0.2) is 0 Å². The fourth-order valence-electron chi connectivity index (χ4n) is 3.32. The van der Waals surface area contributed by atoms with Crippen LogP contribution in [0.1, 0.15) is 23.2 Å². The molecule has 0 saturated carbocycles. The van der Waals surface area contributed by atoms with Gasteiger partial charge in [0.2, 0.25) is 0 Å². The minimum atomic E-state index is 0.185. The number of pyridine rings is 1. The zero-order valence-electron chi connectivity index (χ0n) is 13.5. The first kappa shape index (κ1) is 15.0. The van der Waals surface area contributed by atoms with Crippen molar-refractivity contribution in [1.82, 2.24) is 9.97 Å². The molecule has 4 rings (SSSR count). The van der Waals surface area contributed by atoms with Crippen molar-refractivity contribution in [3.8, 4) is 11.4 Å². The highest BCUT2D eigenvalue weighted by atomic mass is 16.2. The summed E-state index contributed by atoms with van der Waals surface area (Å²) in [4.78, 5) is 8.08. The number of aliphatic hydroxyl groups is 1. The highest BCUT2D eigenvalue weighted by molar-refractivity contribution is 5.71. The molecule has 122 valence electrons. The molecule has 0 fully saturated rings. The molecule has 1 aliphatic carbocycles. The number of aromatic amines is 1. The van der Waals surface area contributed by atoms with E-state index in [1.807, 2.05) is 12.3 Å². The predicted octanol–water partition coefficient (Wildman–Crippen LogP) is 3.84. The number of H-pyrrole nitrogens is 1. The molecule has 0 amide bonds. The van der Waals surface area contributed by atoms with Crippen molar-refractivity contribution in [2.45, 2.75) is 25.7 Å². The SMILES string of the molecule is OCCc1ccc(Nc2cc(-c3ccc[nH]3)nc3c2CCC3)cc1. The van der Waals surface area contributed by atoms with Crippen LogP contribution in [0.3, 0.4) is 0 Å². The number of hydrogen-bond donors (Lipinski definition) is 3. The lowest BCUT2D eigenvalue weighted by Crippen LogP contribution is -2.00. The standard InChI is InChI=1S/C20H21N3O/c24-12-10-14-6-8-15(9-7-14)22-19-13-20(18-5-2-11-21-18)23-17-4-1-3-16(17)19/h2,5-9,11,13,21,24H,1,3-4,10,12H2,(H,22,23). The molecular weight excluding hydrogens is 298 g/mol. The number of hydrogen-bond acceptors (Lipinski definition) is 3. The van der Waals surface area contributed by atoms with Crippen molar-refractivity contribution >= 4 is 11.4 Å². The lowest BCUT2D eigenvalue weighted by molar-refractivity contribution is 0.299. The maximum atomic E-state index is 9.03. The Labute approximate surface area is 141 Å². The number of aromatic nitrogens is 2. The highest BCUT2D eigenvalue weighted by Gasteiger charge is 2.18. The molecule has 4 nitrogen and oxygen atoms in total. The molecule has 1 aliphatic rings. The summed E-state index contributed by atoms with van der Waals surface area (Å²) >= 11 is 0. The summed E-state index contributed by atoms with van der Waals surface area (Å²) in [5.41, 5.74) is 7.94. The summed E-state index contributed by atoms with van der Waals surface area (Å²) in [7, 11) is 0. The van der Waals surface area contributed by atoms with Gasteiger partial charge >= 0.3 is 0 Å². The van der Waals surface area contributed by atoms with Crippen molar-refractivity contribution in [3.63, 3.8) is 0 Å². The first-order valence-electron chi connectivity index (χ1n) is 8.47. The van der Waals surface area contributed by atoms with E-state index in [9.17, 15) is 0 Å². The molecule has 0 bridgehead atoms. The van der Waals surface area contributed by atoms with Gasteiger partial charge in [-0.3, -0.25) is 4.98 Å². The average Bonchev–Trinajstić information content (AvgIpc) is 3.28.